The van der Waals surface area contributed by atoms with E-state index in [1.165, 1.54) is 16.9 Å². The summed E-state index contributed by atoms with van der Waals surface area (Å²) < 4.78 is 34.4. The van der Waals surface area contributed by atoms with Crippen molar-refractivity contribution in [3.05, 3.63) is 51.8 Å². The molecule has 1 N–H and O–H groups in total. The largest absolute Gasteiger partial charge is 0.381 e. The zero-order valence-electron chi connectivity index (χ0n) is 12.5. The maximum Gasteiger partial charge on any atom is 0.250 e. The second-order valence-corrected chi connectivity index (χ2v) is 10.1. The van der Waals surface area contributed by atoms with Crippen LogP contribution in [0.3, 0.4) is 0 Å². The summed E-state index contributed by atoms with van der Waals surface area (Å²) in [5, 5.41) is 0. The summed E-state index contributed by atoms with van der Waals surface area (Å²) in [6.07, 6.45) is 1.63. The Morgan fingerprint density at radius 3 is 2.43 bits per heavy atom. The van der Waals surface area contributed by atoms with Gasteiger partial charge in [0.05, 0.1) is 3.79 Å². The Balaban J connectivity index is 1.82. The predicted molar refractivity (Wildman–Crippen MR) is 95.4 cm³/mol. The molecule has 23 heavy (non-hydrogen) atoms. The maximum absolute atomic E-state index is 12.5. The smallest absolute Gasteiger partial charge is 0.250 e. The molecule has 0 atom stereocenters. The van der Waals surface area contributed by atoms with Gasteiger partial charge >= 0.3 is 0 Å². The lowest BCUT2D eigenvalue weighted by molar-refractivity contribution is 0.0517. The fraction of sp³-hybridized carbons (Fsp3) is 0.375. The number of nitrogens with one attached hydrogen (secondary N) is 1. The Hall–Kier alpha value is -0.730. The third-order valence-corrected chi connectivity index (χ3v) is 7.77. The van der Waals surface area contributed by atoms with Gasteiger partial charge in [0.25, 0.3) is 0 Å². The van der Waals surface area contributed by atoms with Crippen LogP contribution in [-0.2, 0) is 20.2 Å². The van der Waals surface area contributed by atoms with Crippen molar-refractivity contribution in [1.29, 1.82) is 0 Å². The van der Waals surface area contributed by atoms with Gasteiger partial charge in [-0.15, -0.1) is 11.3 Å². The summed E-state index contributed by atoms with van der Waals surface area (Å²) in [5.41, 5.74) is 0.958. The summed E-state index contributed by atoms with van der Waals surface area (Å²) in [6, 6.07) is 13.5. The van der Waals surface area contributed by atoms with E-state index in [1.54, 1.807) is 12.1 Å². The molecule has 1 aromatic heterocycles. The first-order valence-corrected chi connectivity index (χ1v) is 10.5. The second kappa shape index (κ2) is 7.03. The molecule has 2 aromatic rings. The third kappa shape index (κ3) is 3.85. The van der Waals surface area contributed by atoms with Gasteiger partial charge in [0, 0.05) is 25.2 Å². The lowest BCUT2D eigenvalue weighted by atomic mass is 9.74. The molecular formula is C16H18BrNO3S2. The van der Waals surface area contributed by atoms with Gasteiger partial charge in [-0.25, -0.2) is 13.1 Å². The molecule has 7 heteroatoms. The molecule has 0 bridgehead atoms. The number of hydrogen-bond donors (Lipinski definition) is 1. The van der Waals surface area contributed by atoms with E-state index in [9.17, 15) is 8.42 Å². The highest BCUT2D eigenvalue weighted by Gasteiger charge is 2.35. The van der Waals surface area contributed by atoms with E-state index in [4.69, 9.17) is 4.74 Å². The molecule has 0 saturated carbocycles. The quantitative estimate of drug-likeness (QED) is 0.812. The molecule has 1 aliphatic heterocycles. The van der Waals surface area contributed by atoms with E-state index < -0.39 is 10.0 Å². The van der Waals surface area contributed by atoms with E-state index in [0.717, 1.165) is 16.6 Å². The zero-order valence-corrected chi connectivity index (χ0v) is 15.7. The highest BCUT2D eigenvalue weighted by molar-refractivity contribution is 9.11. The maximum atomic E-state index is 12.5. The molecule has 3 rings (SSSR count). The van der Waals surface area contributed by atoms with Crippen LogP contribution >= 0.6 is 27.3 Å². The van der Waals surface area contributed by atoms with Crippen molar-refractivity contribution in [2.45, 2.75) is 22.5 Å². The highest BCUT2D eigenvalue weighted by atomic mass is 79.9. The summed E-state index contributed by atoms with van der Waals surface area (Å²) in [4.78, 5) is 0. The number of thiophene rings is 1. The van der Waals surface area contributed by atoms with Crippen molar-refractivity contribution in [2.75, 3.05) is 19.8 Å². The predicted octanol–water partition coefficient (Wildman–Crippen LogP) is 3.54. The Morgan fingerprint density at radius 2 is 1.83 bits per heavy atom. The number of ether oxygens (including phenoxy) is 1. The van der Waals surface area contributed by atoms with Gasteiger partial charge < -0.3 is 4.74 Å². The normalized spacial score (nSPS) is 18.0. The zero-order chi connectivity index (χ0) is 16.3. The number of benzene rings is 1. The Morgan fingerprint density at radius 1 is 1.13 bits per heavy atom. The molecule has 124 valence electrons. The molecule has 1 aromatic carbocycles. The van der Waals surface area contributed by atoms with Gasteiger partial charge in [-0.2, -0.15) is 0 Å². The standard InChI is InChI=1S/C16H18BrNO3S2/c17-14-6-7-15(22-14)23(19,20)18-12-16(8-10-21-11-9-16)13-4-2-1-3-5-13/h1-7,18H,8-12H2. The topological polar surface area (TPSA) is 55.4 Å². The summed E-state index contributed by atoms with van der Waals surface area (Å²) in [5.74, 6) is 0. The van der Waals surface area contributed by atoms with Crippen molar-refractivity contribution in [2.24, 2.45) is 0 Å². The highest BCUT2D eigenvalue weighted by Crippen LogP contribution is 2.35. The third-order valence-electron chi connectivity index (χ3n) is 4.25. The first-order chi connectivity index (χ1) is 11.0. The minimum Gasteiger partial charge on any atom is -0.381 e. The van der Waals surface area contributed by atoms with Gasteiger partial charge in [-0.1, -0.05) is 30.3 Å². The number of hydrogen-bond acceptors (Lipinski definition) is 4. The molecule has 0 unspecified atom stereocenters. The Labute approximate surface area is 149 Å². The van der Waals surface area contributed by atoms with Crippen LogP contribution in [0.15, 0.2) is 50.5 Å². The van der Waals surface area contributed by atoms with Crippen LogP contribution in [-0.4, -0.2) is 28.2 Å². The molecule has 4 nitrogen and oxygen atoms in total. The van der Waals surface area contributed by atoms with Gasteiger partial charge in [0.15, 0.2) is 0 Å². The molecule has 1 fully saturated rings. The fourth-order valence-electron chi connectivity index (χ4n) is 2.87. The van der Waals surface area contributed by atoms with Crippen LogP contribution in [0.2, 0.25) is 0 Å². The van der Waals surface area contributed by atoms with Gasteiger partial charge in [0.1, 0.15) is 4.21 Å². The molecule has 0 amide bonds. The van der Waals surface area contributed by atoms with Crippen LogP contribution in [0.5, 0.6) is 0 Å². The molecule has 0 aliphatic carbocycles. The van der Waals surface area contributed by atoms with E-state index in [-0.39, 0.29) is 5.41 Å². The van der Waals surface area contributed by atoms with Gasteiger partial charge in [-0.05, 0) is 46.5 Å². The lowest BCUT2D eigenvalue weighted by Crippen LogP contribution is -2.44. The fourth-order valence-corrected chi connectivity index (χ4v) is 6.05. The molecule has 0 spiro atoms. The number of sulfonamides is 1. The van der Waals surface area contributed by atoms with Crippen molar-refractivity contribution >= 4 is 37.3 Å². The van der Waals surface area contributed by atoms with Crippen molar-refractivity contribution in [3.63, 3.8) is 0 Å². The monoisotopic (exact) mass is 415 g/mol. The van der Waals surface area contributed by atoms with E-state index in [0.29, 0.717) is 24.0 Å². The molecule has 1 saturated heterocycles. The van der Waals surface area contributed by atoms with Crippen LogP contribution < -0.4 is 4.72 Å². The minimum atomic E-state index is -3.49. The van der Waals surface area contributed by atoms with E-state index in [2.05, 4.69) is 32.8 Å². The van der Waals surface area contributed by atoms with Crippen molar-refractivity contribution in [1.82, 2.24) is 4.72 Å². The first-order valence-electron chi connectivity index (χ1n) is 7.40. The minimum absolute atomic E-state index is 0.207. The Bertz CT molecular complexity index is 753. The van der Waals surface area contributed by atoms with Gasteiger partial charge in [0.2, 0.25) is 10.0 Å². The van der Waals surface area contributed by atoms with Crippen LogP contribution in [0.4, 0.5) is 0 Å². The van der Waals surface area contributed by atoms with Gasteiger partial charge in [-0.3, -0.25) is 0 Å². The van der Waals surface area contributed by atoms with Crippen LogP contribution in [0, 0.1) is 0 Å². The number of halogens is 1. The summed E-state index contributed by atoms with van der Waals surface area (Å²) in [6.45, 7) is 1.70. The second-order valence-electron chi connectivity index (χ2n) is 5.64. The number of rotatable bonds is 5. The van der Waals surface area contributed by atoms with E-state index >= 15 is 0 Å². The van der Waals surface area contributed by atoms with Crippen LogP contribution in [0.1, 0.15) is 18.4 Å². The van der Waals surface area contributed by atoms with Crippen LogP contribution in [0.25, 0.3) is 0 Å². The average Bonchev–Trinajstić information content (AvgIpc) is 3.02. The van der Waals surface area contributed by atoms with E-state index in [1.807, 2.05) is 18.2 Å². The molecule has 1 aliphatic rings. The SMILES string of the molecule is O=S(=O)(NCC1(c2ccccc2)CCOCC1)c1ccc(Br)s1. The molecular weight excluding hydrogens is 398 g/mol. The molecule has 2 heterocycles. The average molecular weight is 416 g/mol. The van der Waals surface area contributed by atoms with Crippen molar-refractivity contribution < 1.29 is 13.2 Å². The Kier molecular flexibility index (Phi) is 5.22. The summed E-state index contributed by atoms with van der Waals surface area (Å²) >= 11 is 4.53. The first kappa shape index (κ1) is 17.1. The summed E-state index contributed by atoms with van der Waals surface area (Å²) in [7, 11) is -3.49. The lowest BCUT2D eigenvalue weighted by Gasteiger charge is -2.37. The molecule has 0 radical (unpaired) electrons. The van der Waals surface area contributed by atoms with Crippen molar-refractivity contribution in [3.8, 4) is 0 Å².